The molecule has 3 heteroatoms. The van der Waals surface area contributed by atoms with Crippen LogP contribution in [-0.2, 0) is 4.74 Å². The van der Waals surface area contributed by atoms with Gasteiger partial charge in [-0.1, -0.05) is 20.8 Å². The Kier molecular flexibility index (Phi) is 6.74. The summed E-state index contributed by atoms with van der Waals surface area (Å²) < 4.78 is 5.03. The average molecular weight is 208 g/mol. The predicted octanol–water partition coefficient (Wildman–Crippen LogP) is 2.27. The van der Waals surface area contributed by atoms with Crippen LogP contribution in [0.2, 0.25) is 0 Å². The molecule has 0 saturated carbocycles. The van der Waals surface area contributed by atoms with E-state index in [2.05, 4.69) is 26.1 Å². The topological polar surface area (TPSA) is 21.3 Å². The molecule has 1 N–H and O–H groups in total. The molecule has 0 aliphatic rings. The zero-order valence-electron chi connectivity index (χ0n) is 9.19. The highest BCUT2D eigenvalue weighted by molar-refractivity contribution is 6.18. The van der Waals surface area contributed by atoms with Crippen molar-refractivity contribution in [2.75, 3.05) is 26.1 Å². The summed E-state index contributed by atoms with van der Waals surface area (Å²) in [6.07, 6.45) is 1.16. The van der Waals surface area contributed by atoms with Crippen molar-refractivity contribution in [3.05, 3.63) is 0 Å². The van der Waals surface area contributed by atoms with E-state index < -0.39 is 0 Å². The number of rotatable bonds is 6. The summed E-state index contributed by atoms with van der Waals surface area (Å²) in [6.45, 7) is 8.40. The Morgan fingerprint density at radius 3 is 2.38 bits per heavy atom. The van der Waals surface area contributed by atoms with E-state index in [1.165, 1.54) is 0 Å². The van der Waals surface area contributed by atoms with Crippen molar-refractivity contribution in [1.82, 2.24) is 5.32 Å². The van der Waals surface area contributed by atoms with Crippen molar-refractivity contribution in [3.8, 4) is 0 Å². The average Bonchev–Trinajstić information content (AvgIpc) is 2.01. The number of halogens is 1. The third-order valence-corrected chi connectivity index (χ3v) is 2.23. The summed E-state index contributed by atoms with van der Waals surface area (Å²) in [6, 6.07) is 0.286. The van der Waals surface area contributed by atoms with E-state index in [1.807, 2.05) is 0 Å². The molecule has 0 aliphatic heterocycles. The van der Waals surface area contributed by atoms with Crippen LogP contribution in [0.5, 0.6) is 0 Å². The molecule has 0 aromatic carbocycles. The first-order valence-corrected chi connectivity index (χ1v) is 5.31. The molecule has 0 saturated heterocycles. The number of nitrogens with one attached hydrogen (secondary N) is 1. The van der Waals surface area contributed by atoms with Crippen molar-refractivity contribution in [2.45, 2.75) is 33.2 Å². The van der Waals surface area contributed by atoms with Gasteiger partial charge in [0, 0.05) is 19.0 Å². The van der Waals surface area contributed by atoms with Crippen molar-refractivity contribution >= 4 is 11.6 Å². The highest BCUT2D eigenvalue weighted by Gasteiger charge is 2.11. The SMILES string of the molecule is COCC(CCl)NCCC(C)(C)C. The number of methoxy groups -OCH3 is 1. The van der Waals surface area contributed by atoms with Crippen LogP contribution >= 0.6 is 11.6 Å². The van der Waals surface area contributed by atoms with Crippen molar-refractivity contribution < 1.29 is 4.74 Å². The van der Waals surface area contributed by atoms with E-state index in [9.17, 15) is 0 Å². The Balaban J connectivity index is 3.49. The maximum Gasteiger partial charge on any atom is 0.0627 e. The third-order valence-electron chi connectivity index (χ3n) is 1.86. The summed E-state index contributed by atoms with van der Waals surface area (Å²) in [5, 5.41) is 3.37. The van der Waals surface area contributed by atoms with Crippen molar-refractivity contribution in [1.29, 1.82) is 0 Å². The molecule has 1 unspecified atom stereocenters. The Bertz CT molecular complexity index is 123. The minimum Gasteiger partial charge on any atom is -0.383 e. The molecule has 0 aliphatic carbocycles. The summed E-state index contributed by atoms with van der Waals surface area (Å²) in [5.41, 5.74) is 0.386. The van der Waals surface area contributed by atoms with Gasteiger partial charge in [0.1, 0.15) is 0 Å². The fraction of sp³-hybridized carbons (Fsp3) is 1.00. The molecule has 0 spiro atoms. The molecule has 0 fully saturated rings. The molecule has 0 radical (unpaired) electrons. The van der Waals surface area contributed by atoms with Gasteiger partial charge in [0.15, 0.2) is 0 Å². The van der Waals surface area contributed by atoms with Crippen molar-refractivity contribution in [2.24, 2.45) is 5.41 Å². The van der Waals surface area contributed by atoms with Crippen LogP contribution in [0.1, 0.15) is 27.2 Å². The van der Waals surface area contributed by atoms with Gasteiger partial charge < -0.3 is 10.1 Å². The number of ether oxygens (including phenoxy) is 1. The smallest absolute Gasteiger partial charge is 0.0627 e. The zero-order chi connectivity index (χ0) is 10.3. The lowest BCUT2D eigenvalue weighted by molar-refractivity contribution is 0.171. The summed E-state index contributed by atoms with van der Waals surface area (Å²) in [4.78, 5) is 0. The maximum absolute atomic E-state index is 5.75. The van der Waals surface area contributed by atoms with Crippen molar-refractivity contribution in [3.63, 3.8) is 0 Å². The van der Waals surface area contributed by atoms with Gasteiger partial charge >= 0.3 is 0 Å². The second-order valence-electron chi connectivity index (χ2n) is 4.57. The molecule has 0 bridgehead atoms. The molecule has 0 heterocycles. The van der Waals surface area contributed by atoms with Gasteiger partial charge in [-0.05, 0) is 18.4 Å². The third kappa shape index (κ3) is 8.54. The van der Waals surface area contributed by atoms with E-state index in [4.69, 9.17) is 16.3 Å². The first kappa shape index (κ1) is 13.2. The highest BCUT2D eigenvalue weighted by atomic mass is 35.5. The van der Waals surface area contributed by atoms with Crippen LogP contribution in [-0.4, -0.2) is 32.2 Å². The van der Waals surface area contributed by atoms with E-state index in [-0.39, 0.29) is 6.04 Å². The molecule has 80 valence electrons. The predicted molar refractivity (Wildman–Crippen MR) is 58.5 cm³/mol. The second kappa shape index (κ2) is 6.63. The first-order chi connectivity index (χ1) is 5.99. The lowest BCUT2D eigenvalue weighted by atomic mass is 9.92. The van der Waals surface area contributed by atoms with Gasteiger partial charge in [0.2, 0.25) is 0 Å². The van der Waals surface area contributed by atoms with Gasteiger partial charge in [0.25, 0.3) is 0 Å². The maximum atomic E-state index is 5.75. The molecule has 13 heavy (non-hydrogen) atoms. The Hall–Kier alpha value is 0.210. The summed E-state index contributed by atoms with van der Waals surface area (Å²) in [5.74, 6) is 0.609. The van der Waals surface area contributed by atoms with E-state index >= 15 is 0 Å². The van der Waals surface area contributed by atoms with Crippen LogP contribution in [0.25, 0.3) is 0 Å². The molecule has 0 rings (SSSR count). The van der Waals surface area contributed by atoms with Crippen LogP contribution < -0.4 is 5.32 Å². The second-order valence-corrected chi connectivity index (χ2v) is 4.88. The minimum absolute atomic E-state index is 0.286. The highest BCUT2D eigenvalue weighted by Crippen LogP contribution is 2.17. The fourth-order valence-electron chi connectivity index (χ4n) is 1.01. The zero-order valence-corrected chi connectivity index (χ0v) is 9.95. The molecule has 0 aromatic rings. The van der Waals surface area contributed by atoms with E-state index in [0.29, 0.717) is 17.9 Å². The van der Waals surface area contributed by atoms with Gasteiger partial charge in [-0.3, -0.25) is 0 Å². The molecule has 1 atom stereocenters. The Morgan fingerprint density at radius 1 is 1.38 bits per heavy atom. The Morgan fingerprint density at radius 2 is 2.00 bits per heavy atom. The first-order valence-electron chi connectivity index (χ1n) is 4.78. The number of hydrogen-bond acceptors (Lipinski definition) is 2. The minimum atomic E-state index is 0.286. The monoisotopic (exact) mass is 207 g/mol. The lowest BCUT2D eigenvalue weighted by Crippen LogP contribution is -2.36. The lowest BCUT2D eigenvalue weighted by Gasteiger charge is -2.21. The van der Waals surface area contributed by atoms with Gasteiger partial charge in [0.05, 0.1) is 6.61 Å². The Labute approximate surface area is 87.0 Å². The molecule has 0 amide bonds. The van der Waals surface area contributed by atoms with Crippen LogP contribution in [0.3, 0.4) is 0 Å². The molecular weight excluding hydrogens is 186 g/mol. The van der Waals surface area contributed by atoms with E-state index in [1.54, 1.807) is 7.11 Å². The van der Waals surface area contributed by atoms with Crippen LogP contribution in [0.4, 0.5) is 0 Å². The summed E-state index contributed by atoms with van der Waals surface area (Å²) in [7, 11) is 1.70. The fourth-order valence-corrected chi connectivity index (χ4v) is 1.21. The summed E-state index contributed by atoms with van der Waals surface area (Å²) >= 11 is 5.75. The molecule has 0 aromatic heterocycles. The normalized spacial score (nSPS) is 14.5. The standard InChI is InChI=1S/C10H22ClNO/c1-10(2,3)5-6-12-9(7-11)8-13-4/h9,12H,5-8H2,1-4H3. The largest absolute Gasteiger partial charge is 0.383 e. The molecular formula is C10H22ClNO. The van der Waals surface area contributed by atoms with Crippen LogP contribution in [0, 0.1) is 5.41 Å². The van der Waals surface area contributed by atoms with Gasteiger partial charge in [-0.2, -0.15) is 0 Å². The number of hydrogen-bond donors (Lipinski definition) is 1. The van der Waals surface area contributed by atoms with Gasteiger partial charge in [-0.25, -0.2) is 0 Å². The quantitative estimate of drug-likeness (QED) is 0.675. The van der Waals surface area contributed by atoms with Gasteiger partial charge in [-0.15, -0.1) is 11.6 Å². The molecule has 2 nitrogen and oxygen atoms in total. The van der Waals surface area contributed by atoms with Crippen LogP contribution in [0.15, 0.2) is 0 Å². The van der Waals surface area contributed by atoms with E-state index in [0.717, 1.165) is 13.0 Å². The number of alkyl halides is 1.